The van der Waals surface area contributed by atoms with Crippen LogP contribution in [0, 0.1) is 26.2 Å². The van der Waals surface area contributed by atoms with Crippen LogP contribution in [0.4, 0.5) is 5.82 Å². The summed E-state index contributed by atoms with van der Waals surface area (Å²) < 4.78 is 15.8. The average molecular weight is 480 g/mol. The third kappa shape index (κ3) is 3.96. The number of aromatic nitrogens is 1. The number of carbonyl (C=O) groups excluding carboxylic acids is 1. The van der Waals surface area contributed by atoms with Crippen LogP contribution < -0.4 is 20.8 Å². The molecule has 0 radical (unpaired) electrons. The van der Waals surface area contributed by atoms with Crippen molar-refractivity contribution in [3.63, 3.8) is 0 Å². The highest BCUT2D eigenvalue weighted by Crippen LogP contribution is 2.39. The largest absolute Gasteiger partial charge is 0.493 e. The topological polar surface area (TPSA) is 151 Å². The Morgan fingerprint density at radius 1 is 1.26 bits per heavy atom. The van der Waals surface area contributed by atoms with Gasteiger partial charge in [0.2, 0.25) is 0 Å². The number of ether oxygens (including phenoxy) is 3. The molecular weight excluding hydrogens is 467 g/mol. The summed E-state index contributed by atoms with van der Waals surface area (Å²) in [4.78, 5) is 25.7. The van der Waals surface area contributed by atoms with Gasteiger partial charge in [0.25, 0.3) is 5.56 Å². The first-order valence-electron chi connectivity index (χ1n) is 7.31. The number of methoxy groups -OCH3 is 2. The molecule has 1 aromatic carbocycles. The second kappa shape index (κ2) is 8.42. The van der Waals surface area contributed by atoms with Gasteiger partial charge in [-0.2, -0.15) is 10.5 Å². The number of nitriles is 2. The summed E-state index contributed by atoms with van der Waals surface area (Å²) in [5.41, 5.74) is 5.21. The minimum atomic E-state index is -0.705. The summed E-state index contributed by atoms with van der Waals surface area (Å²) in [5, 5.41) is 18.8. The normalized spacial score (nSPS) is 9.81. The van der Waals surface area contributed by atoms with Gasteiger partial charge in [0.15, 0.2) is 18.1 Å². The summed E-state index contributed by atoms with van der Waals surface area (Å²) in [7, 11) is 2.63. The van der Waals surface area contributed by atoms with E-state index in [1.54, 1.807) is 12.1 Å². The van der Waals surface area contributed by atoms with E-state index in [-0.39, 0.29) is 40.6 Å². The fourth-order valence-electron chi connectivity index (χ4n) is 2.33. The monoisotopic (exact) mass is 480 g/mol. The number of carbonyl (C=O) groups is 1. The van der Waals surface area contributed by atoms with E-state index in [1.807, 2.05) is 28.7 Å². The fourth-order valence-corrected chi connectivity index (χ4v) is 3.08. The zero-order chi connectivity index (χ0) is 20.1. The minimum absolute atomic E-state index is 0.0350. The predicted molar refractivity (Wildman–Crippen MR) is 103 cm³/mol. The third-order valence-corrected chi connectivity index (χ3v) is 4.35. The van der Waals surface area contributed by atoms with Crippen LogP contribution in [0.5, 0.6) is 11.5 Å². The summed E-state index contributed by atoms with van der Waals surface area (Å²) in [6.45, 7) is -0.326. The molecule has 27 heavy (non-hydrogen) atoms. The summed E-state index contributed by atoms with van der Waals surface area (Å²) in [6.07, 6.45) is 0. The molecule has 0 fully saturated rings. The molecule has 0 atom stereocenters. The lowest BCUT2D eigenvalue weighted by atomic mass is 9.96. The zero-order valence-electron chi connectivity index (χ0n) is 14.3. The number of H-pyrrole nitrogens is 1. The Morgan fingerprint density at radius 2 is 1.93 bits per heavy atom. The molecule has 3 N–H and O–H groups in total. The molecule has 138 valence electrons. The van der Waals surface area contributed by atoms with E-state index in [4.69, 9.17) is 15.2 Å². The first kappa shape index (κ1) is 20.1. The highest BCUT2D eigenvalue weighted by atomic mass is 127. The predicted octanol–water partition coefficient (Wildman–Crippen LogP) is 1.53. The Kier molecular flexibility index (Phi) is 6.26. The maximum absolute atomic E-state index is 12.1. The van der Waals surface area contributed by atoms with E-state index in [0.29, 0.717) is 9.13 Å². The van der Waals surface area contributed by atoms with E-state index in [1.165, 1.54) is 20.3 Å². The van der Waals surface area contributed by atoms with Crippen LogP contribution in [0.2, 0.25) is 0 Å². The van der Waals surface area contributed by atoms with Crippen molar-refractivity contribution in [3.8, 4) is 34.8 Å². The molecule has 9 nitrogen and oxygen atoms in total. The highest BCUT2D eigenvalue weighted by Gasteiger charge is 2.21. The van der Waals surface area contributed by atoms with Crippen LogP contribution >= 0.6 is 22.6 Å². The quantitative estimate of drug-likeness (QED) is 0.483. The van der Waals surface area contributed by atoms with Gasteiger partial charge in [0.05, 0.1) is 17.8 Å². The maximum atomic E-state index is 12.1. The van der Waals surface area contributed by atoms with E-state index >= 15 is 0 Å². The van der Waals surface area contributed by atoms with Crippen molar-refractivity contribution in [2.75, 3.05) is 26.6 Å². The maximum Gasteiger partial charge on any atom is 0.343 e. The van der Waals surface area contributed by atoms with Crippen LogP contribution in [0.25, 0.3) is 11.1 Å². The van der Waals surface area contributed by atoms with Crippen LogP contribution in [-0.2, 0) is 9.53 Å². The molecule has 0 aliphatic carbocycles. The Morgan fingerprint density at radius 3 is 2.48 bits per heavy atom. The number of hydrogen-bond acceptors (Lipinski definition) is 8. The molecule has 2 aromatic rings. The van der Waals surface area contributed by atoms with Gasteiger partial charge in [-0.25, -0.2) is 4.79 Å². The van der Waals surface area contributed by atoms with Crippen LogP contribution in [0.3, 0.4) is 0 Å². The molecule has 0 unspecified atom stereocenters. The number of aromatic amines is 1. The van der Waals surface area contributed by atoms with E-state index in [9.17, 15) is 20.1 Å². The summed E-state index contributed by atoms with van der Waals surface area (Å²) in [5.74, 6) is -0.191. The van der Waals surface area contributed by atoms with Crippen molar-refractivity contribution in [1.82, 2.24) is 4.98 Å². The summed E-state index contributed by atoms with van der Waals surface area (Å²) in [6, 6.07) is 6.78. The van der Waals surface area contributed by atoms with Crippen LogP contribution in [0.15, 0.2) is 16.9 Å². The van der Waals surface area contributed by atoms with E-state index < -0.39 is 11.5 Å². The van der Waals surface area contributed by atoms with Crippen molar-refractivity contribution in [3.05, 3.63) is 37.2 Å². The Hall–Kier alpha value is -3.25. The van der Waals surface area contributed by atoms with Gasteiger partial charge >= 0.3 is 5.97 Å². The Bertz CT molecular complexity index is 1050. The lowest BCUT2D eigenvalue weighted by Gasteiger charge is -2.15. The molecule has 10 heteroatoms. The molecule has 0 aliphatic rings. The number of benzene rings is 1. The van der Waals surface area contributed by atoms with E-state index in [0.717, 1.165) is 0 Å². The first-order valence-corrected chi connectivity index (χ1v) is 8.39. The lowest BCUT2D eigenvalue weighted by molar-refractivity contribution is -0.142. The molecular formula is C17H13IN4O5. The SMILES string of the molecule is COC(=O)COc1c(I)cc(-c2c(C#N)c(N)[nH]c(=O)c2C#N)cc1OC. The van der Waals surface area contributed by atoms with Crippen molar-refractivity contribution >= 4 is 34.4 Å². The molecule has 0 bridgehead atoms. The number of esters is 1. The second-order valence-electron chi connectivity index (χ2n) is 5.07. The third-order valence-electron chi connectivity index (χ3n) is 3.55. The van der Waals surface area contributed by atoms with Crippen molar-refractivity contribution in [2.24, 2.45) is 0 Å². The van der Waals surface area contributed by atoms with Crippen LogP contribution in [-0.4, -0.2) is 31.8 Å². The number of pyridine rings is 1. The number of anilines is 1. The molecule has 0 saturated heterocycles. The molecule has 1 heterocycles. The first-order chi connectivity index (χ1) is 12.9. The Labute approximate surface area is 167 Å². The standard InChI is InChI=1S/C17H13IN4O5/c1-25-12-4-8(3-11(18)15(12)27-7-13(23)26-2)14-9(5-19)16(21)22-17(24)10(14)6-20/h3-4H,7H2,1-2H3,(H3,21,22,24). The van der Waals surface area contributed by atoms with Gasteiger partial charge in [-0.1, -0.05) is 0 Å². The molecule has 0 aliphatic heterocycles. The van der Waals surface area contributed by atoms with E-state index in [2.05, 4.69) is 9.72 Å². The van der Waals surface area contributed by atoms with Gasteiger partial charge in [-0.15, -0.1) is 0 Å². The number of nitrogen functional groups attached to an aromatic ring is 1. The molecule has 2 rings (SSSR count). The van der Waals surface area contributed by atoms with Gasteiger partial charge in [-0.3, -0.25) is 4.79 Å². The number of rotatable bonds is 5. The molecule has 0 spiro atoms. The number of hydrogen-bond donors (Lipinski definition) is 2. The van der Waals surface area contributed by atoms with Crippen molar-refractivity contribution in [1.29, 1.82) is 10.5 Å². The number of nitrogens with one attached hydrogen (secondary N) is 1. The zero-order valence-corrected chi connectivity index (χ0v) is 16.4. The van der Waals surface area contributed by atoms with Gasteiger partial charge in [0.1, 0.15) is 29.1 Å². The van der Waals surface area contributed by atoms with Crippen molar-refractivity contribution < 1.29 is 19.0 Å². The van der Waals surface area contributed by atoms with Crippen molar-refractivity contribution in [2.45, 2.75) is 0 Å². The molecule has 0 amide bonds. The fraction of sp³-hybridized carbons (Fsp3) is 0.176. The average Bonchev–Trinajstić information content (AvgIpc) is 2.65. The minimum Gasteiger partial charge on any atom is -0.493 e. The Balaban J connectivity index is 2.71. The van der Waals surface area contributed by atoms with Gasteiger partial charge < -0.3 is 24.9 Å². The number of halogens is 1. The smallest absolute Gasteiger partial charge is 0.343 e. The molecule has 1 aromatic heterocycles. The lowest BCUT2D eigenvalue weighted by Crippen LogP contribution is -2.16. The van der Waals surface area contributed by atoms with Gasteiger partial charge in [-0.05, 0) is 40.3 Å². The second-order valence-corrected chi connectivity index (χ2v) is 6.23. The van der Waals surface area contributed by atoms with Crippen LogP contribution in [0.1, 0.15) is 11.1 Å². The molecule has 0 saturated carbocycles. The highest BCUT2D eigenvalue weighted by molar-refractivity contribution is 14.1. The number of nitrogens with zero attached hydrogens (tertiary/aromatic N) is 2. The summed E-state index contributed by atoms with van der Waals surface area (Å²) >= 11 is 1.95. The number of nitrogens with two attached hydrogens (primary N) is 1. The van der Waals surface area contributed by atoms with Gasteiger partial charge in [0, 0.05) is 5.56 Å².